The normalized spacial score (nSPS) is 17.0. The summed E-state index contributed by atoms with van der Waals surface area (Å²) in [5.74, 6) is -0.120. The highest BCUT2D eigenvalue weighted by Gasteiger charge is 2.29. The van der Waals surface area contributed by atoms with Crippen molar-refractivity contribution >= 4 is 28.6 Å². The van der Waals surface area contributed by atoms with Crippen LogP contribution in [0.2, 0.25) is 0 Å². The third-order valence-corrected chi connectivity index (χ3v) is 7.59. The van der Waals surface area contributed by atoms with E-state index >= 15 is 0 Å². The fraction of sp³-hybridized carbons (Fsp3) is 0.323. The van der Waals surface area contributed by atoms with E-state index in [1.165, 1.54) is 13.2 Å². The van der Waals surface area contributed by atoms with E-state index in [1.54, 1.807) is 35.2 Å². The van der Waals surface area contributed by atoms with Crippen LogP contribution in [-0.4, -0.2) is 65.8 Å². The second-order valence-electron chi connectivity index (χ2n) is 10.2. The number of hydrogen-bond acceptors (Lipinski definition) is 7. The van der Waals surface area contributed by atoms with E-state index < -0.39 is 11.8 Å². The largest absolute Gasteiger partial charge is 0.484 e. The van der Waals surface area contributed by atoms with Crippen LogP contribution in [0.4, 0.5) is 10.1 Å². The van der Waals surface area contributed by atoms with Crippen LogP contribution in [0.25, 0.3) is 11.0 Å². The maximum absolute atomic E-state index is 14.9. The number of rotatable bonds is 9. The van der Waals surface area contributed by atoms with Crippen molar-refractivity contribution in [3.63, 3.8) is 0 Å². The molecule has 9 nitrogen and oxygen atoms in total. The number of esters is 1. The Labute approximate surface area is 237 Å². The predicted molar refractivity (Wildman–Crippen MR) is 150 cm³/mol. The fourth-order valence-electron chi connectivity index (χ4n) is 5.25. The summed E-state index contributed by atoms with van der Waals surface area (Å²) in [6.45, 7) is 2.86. The maximum Gasteiger partial charge on any atom is 0.337 e. The minimum Gasteiger partial charge on any atom is -0.484 e. The van der Waals surface area contributed by atoms with Gasteiger partial charge in [0, 0.05) is 19.7 Å². The number of amides is 1. The summed E-state index contributed by atoms with van der Waals surface area (Å²) in [6.07, 6.45) is 0.998. The third kappa shape index (κ3) is 5.60. The summed E-state index contributed by atoms with van der Waals surface area (Å²) in [5, 5.41) is 0. The molecule has 1 atom stereocenters. The van der Waals surface area contributed by atoms with E-state index in [1.807, 2.05) is 39.8 Å². The summed E-state index contributed by atoms with van der Waals surface area (Å²) >= 11 is 0. The minimum atomic E-state index is -0.466. The number of ether oxygens (including phenoxy) is 3. The summed E-state index contributed by atoms with van der Waals surface area (Å²) in [6, 6.07) is 19.6. The lowest BCUT2D eigenvalue weighted by Crippen LogP contribution is -2.50. The van der Waals surface area contributed by atoms with E-state index in [0.29, 0.717) is 37.4 Å². The molecule has 0 spiro atoms. The van der Waals surface area contributed by atoms with Gasteiger partial charge in [0.05, 0.1) is 55.1 Å². The Kier molecular flexibility index (Phi) is 7.56. The van der Waals surface area contributed by atoms with Gasteiger partial charge in [-0.05, 0) is 42.3 Å². The molecule has 1 amide bonds. The van der Waals surface area contributed by atoms with Gasteiger partial charge in [0.2, 0.25) is 5.91 Å². The zero-order valence-electron chi connectivity index (χ0n) is 22.8. The third-order valence-electron chi connectivity index (χ3n) is 7.59. The molecule has 10 heteroatoms. The molecule has 41 heavy (non-hydrogen) atoms. The molecule has 0 unspecified atom stereocenters. The lowest BCUT2D eigenvalue weighted by Gasteiger charge is -2.36. The van der Waals surface area contributed by atoms with Crippen molar-refractivity contribution in [2.75, 3.05) is 38.3 Å². The summed E-state index contributed by atoms with van der Waals surface area (Å²) in [7, 11) is 1.35. The first-order valence-corrected chi connectivity index (χ1v) is 13.7. The monoisotopic (exact) mass is 558 g/mol. The van der Waals surface area contributed by atoms with Crippen molar-refractivity contribution in [2.45, 2.75) is 32.2 Å². The van der Waals surface area contributed by atoms with Gasteiger partial charge in [0.1, 0.15) is 12.4 Å². The summed E-state index contributed by atoms with van der Waals surface area (Å²) in [5.41, 5.74) is 3.45. The molecule has 4 aromatic rings. The first-order valence-electron chi connectivity index (χ1n) is 13.7. The lowest BCUT2D eigenvalue weighted by molar-refractivity contribution is -0.131. The molecule has 0 bridgehead atoms. The Balaban J connectivity index is 1.20. The number of imidazole rings is 1. The fourth-order valence-corrected chi connectivity index (χ4v) is 5.25. The molecule has 1 aromatic heterocycles. The Morgan fingerprint density at radius 1 is 1.10 bits per heavy atom. The van der Waals surface area contributed by atoms with E-state index in [-0.39, 0.29) is 30.9 Å². The maximum atomic E-state index is 14.9. The highest BCUT2D eigenvalue weighted by Crippen LogP contribution is 2.33. The van der Waals surface area contributed by atoms with Gasteiger partial charge in [-0.15, -0.1) is 0 Å². The smallest absolute Gasteiger partial charge is 0.337 e. The number of nitrogens with zero attached hydrogens (tertiary/aromatic N) is 4. The van der Waals surface area contributed by atoms with Crippen LogP contribution in [0.3, 0.4) is 0 Å². The number of carbonyl (C=O) groups is 2. The van der Waals surface area contributed by atoms with Gasteiger partial charge in [-0.2, -0.15) is 0 Å². The topological polar surface area (TPSA) is 86.1 Å². The Morgan fingerprint density at radius 3 is 2.66 bits per heavy atom. The van der Waals surface area contributed by atoms with Gasteiger partial charge in [-0.1, -0.05) is 36.4 Å². The molecule has 0 aliphatic carbocycles. The van der Waals surface area contributed by atoms with Crippen molar-refractivity contribution in [3.05, 3.63) is 89.5 Å². The second kappa shape index (κ2) is 11.6. The molecular formula is C31H31FN4O5. The standard InChI is InChI=1S/C31H31FN4O5/c1-39-31(38)22-10-11-25-27(16-22)36(17-23-12-15-40-23)28(33-25)18-35-14-13-34(19-29(35)37)26-9-5-8-24(32)30(26)41-20-21-6-3-2-4-7-21/h2-11,16,23H,12-15,17-20H2,1H3/t23-/m0/s1. The number of aromatic nitrogens is 2. The van der Waals surface area contributed by atoms with Crippen LogP contribution in [0.5, 0.6) is 5.75 Å². The van der Waals surface area contributed by atoms with Crippen molar-refractivity contribution in [1.82, 2.24) is 14.5 Å². The number of fused-ring (bicyclic) bond motifs is 1. The Morgan fingerprint density at radius 2 is 1.93 bits per heavy atom. The molecule has 3 heterocycles. The number of carbonyl (C=O) groups excluding carboxylic acids is 2. The Hall–Kier alpha value is -4.44. The summed E-state index contributed by atoms with van der Waals surface area (Å²) < 4.78 is 33.4. The van der Waals surface area contributed by atoms with Crippen molar-refractivity contribution in [2.24, 2.45) is 0 Å². The molecule has 0 saturated carbocycles. The van der Waals surface area contributed by atoms with E-state index in [2.05, 4.69) is 0 Å². The zero-order valence-corrected chi connectivity index (χ0v) is 22.8. The molecule has 2 fully saturated rings. The molecule has 2 aliphatic heterocycles. The van der Waals surface area contributed by atoms with Gasteiger partial charge < -0.3 is 28.6 Å². The highest BCUT2D eigenvalue weighted by molar-refractivity contribution is 5.93. The van der Waals surface area contributed by atoms with E-state index in [0.717, 1.165) is 35.4 Å². The first-order chi connectivity index (χ1) is 20.0. The van der Waals surface area contributed by atoms with Gasteiger partial charge >= 0.3 is 5.97 Å². The number of anilines is 1. The van der Waals surface area contributed by atoms with Gasteiger partial charge in [-0.3, -0.25) is 4.79 Å². The molecule has 2 aliphatic rings. The van der Waals surface area contributed by atoms with Crippen LogP contribution >= 0.6 is 0 Å². The molecule has 0 radical (unpaired) electrons. The number of benzene rings is 3. The number of halogens is 1. The van der Waals surface area contributed by atoms with Crippen molar-refractivity contribution < 1.29 is 28.2 Å². The molecule has 212 valence electrons. The average molecular weight is 559 g/mol. The van der Waals surface area contributed by atoms with Gasteiger partial charge in [0.25, 0.3) is 0 Å². The SMILES string of the molecule is COC(=O)c1ccc2nc(CN3CCN(c4cccc(F)c4OCc4ccccc4)CC3=O)n(C[C@@H]3CCO3)c2c1. The first kappa shape index (κ1) is 26.8. The quantitative estimate of drug-likeness (QED) is 0.285. The molecule has 2 saturated heterocycles. The molecular weight excluding hydrogens is 527 g/mol. The number of methoxy groups -OCH3 is 1. The molecule has 0 N–H and O–H groups in total. The number of piperazine rings is 1. The van der Waals surface area contributed by atoms with E-state index in [9.17, 15) is 14.0 Å². The molecule has 6 rings (SSSR count). The van der Waals surface area contributed by atoms with Crippen LogP contribution in [0.1, 0.15) is 28.2 Å². The van der Waals surface area contributed by atoms with Crippen LogP contribution in [-0.2, 0) is 34.0 Å². The van der Waals surface area contributed by atoms with E-state index in [4.69, 9.17) is 19.2 Å². The van der Waals surface area contributed by atoms with Crippen LogP contribution in [0.15, 0.2) is 66.7 Å². The van der Waals surface area contributed by atoms with Gasteiger partial charge in [0.15, 0.2) is 11.6 Å². The van der Waals surface area contributed by atoms with Crippen LogP contribution in [0, 0.1) is 5.82 Å². The molecule has 3 aromatic carbocycles. The lowest BCUT2D eigenvalue weighted by atomic mass is 10.1. The highest BCUT2D eigenvalue weighted by atomic mass is 19.1. The van der Waals surface area contributed by atoms with Crippen LogP contribution < -0.4 is 9.64 Å². The second-order valence-corrected chi connectivity index (χ2v) is 10.2. The summed E-state index contributed by atoms with van der Waals surface area (Å²) in [4.78, 5) is 34.0. The van der Waals surface area contributed by atoms with Gasteiger partial charge in [-0.25, -0.2) is 14.2 Å². The predicted octanol–water partition coefficient (Wildman–Crippen LogP) is 4.18. The minimum absolute atomic E-state index is 0.0581. The number of para-hydroxylation sites is 1. The zero-order chi connectivity index (χ0) is 28.3. The number of hydrogen-bond donors (Lipinski definition) is 0. The Bertz CT molecular complexity index is 1570. The average Bonchev–Trinajstić information content (AvgIpc) is 3.31. The van der Waals surface area contributed by atoms with Crippen molar-refractivity contribution in [1.29, 1.82) is 0 Å². The van der Waals surface area contributed by atoms with Crippen molar-refractivity contribution in [3.8, 4) is 5.75 Å².